The van der Waals surface area contributed by atoms with Gasteiger partial charge in [0.25, 0.3) is 0 Å². The lowest BCUT2D eigenvalue weighted by molar-refractivity contribution is 0.473. The van der Waals surface area contributed by atoms with Crippen LogP contribution in [0.3, 0.4) is 0 Å². The van der Waals surface area contributed by atoms with Crippen molar-refractivity contribution < 1.29 is 4.74 Å². The Morgan fingerprint density at radius 2 is 1.90 bits per heavy atom. The predicted molar refractivity (Wildman–Crippen MR) is 85.1 cm³/mol. The average Bonchev–Trinajstić information content (AvgIpc) is 2.42. The minimum absolute atomic E-state index is 0.581. The Hall–Kier alpha value is -1.22. The summed E-state index contributed by atoms with van der Waals surface area (Å²) in [6.07, 6.45) is 0. The van der Waals surface area contributed by atoms with Gasteiger partial charge >= 0.3 is 0 Å². The Balaban J connectivity index is 2.32. The molecule has 0 aromatic heterocycles. The van der Waals surface area contributed by atoms with E-state index in [1.165, 1.54) is 0 Å². The molecule has 0 radical (unpaired) electrons. The lowest BCUT2D eigenvalue weighted by Gasteiger charge is -2.14. The fraction of sp³-hybridized carbons (Fsp3) is 0.250. The Morgan fingerprint density at radius 3 is 2.60 bits per heavy atom. The molecule has 0 aliphatic heterocycles. The molecular weight excluding hydrogens is 293 g/mol. The Bertz CT molecular complexity index is 599. The molecule has 106 valence electrons. The fourth-order valence-corrected chi connectivity index (χ4v) is 2.37. The van der Waals surface area contributed by atoms with Gasteiger partial charge in [-0.1, -0.05) is 48.3 Å². The highest BCUT2D eigenvalue weighted by Crippen LogP contribution is 2.36. The van der Waals surface area contributed by atoms with E-state index in [9.17, 15) is 0 Å². The standard InChI is InChI=1S/C16H17Cl2NO/c1-3-19-10-12-5-4-6-13(17)16(12)20-15-8-7-11(2)9-14(15)18/h4-9,19H,3,10H2,1-2H3. The third-order valence-electron chi connectivity index (χ3n) is 2.91. The molecule has 0 heterocycles. The molecule has 0 spiro atoms. The molecule has 0 saturated carbocycles. The molecule has 0 fully saturated rings. The molecule has 0 aliphatic rings. The van der Waals surface area contributed by atoms with Gasteiger partial charge < -0.3 is 10.1 Å². The van der Waals surface area contributed by atoms with Gasteiger partial charge in [-0.05, 0) is 37.2 Å². The first-order valence-corrected chi connectivity index (χ1v) is 7.29. The first-order valence-electron chi connectivity index (χ1n) is 6.54. The molecule has 2 aromatic carbocycles. The van der Waals surface area contributed by atoms with Crippen LogP contribution < -0.4 is 10.1 Å². The van der Waals surface area contributed by atoms with E-state index in [2.05, 4.69) is 12.2 Å². The number of ether oxygens (including phenoxy) is 1. The number of halogens is 2. The summed E-state index contributed by atoms with van der Waals surface area (Å²) in [5, 5.41) is 4.43. The van der Waals surface area contributed by atoms with Crippen molar-refractivity contribution in [1.29, 1.82) is 0 Å². The minimum Gasteiger partial charge on any atom is -0.454 e. The Morgan fingerprint density at radius 1 is 1.10 bits per heavy atom. The van der Waals surface area contributed by atoms with Crippen molar-refractivity contribution in [1.82, 2.24) is 5.32 Å². The highest BCUT2D eigenvalue weighted by atomic mass is 35.5. The molecule has 20 heavy (non-hydrogen) atoms. The van der Waals surface area contributed by atoms with Gasteiger partial charge in [-0.15, -0.1) is 0 Å². The van der Waals surface area contributed by atoms with E-state index in [-0.39, 0.29) is 0 Å². The van der Waals surface area contributed by atoms with Crippen LogP contribution >= 0.6 is 23.2 Å². The molecule has 1 N–H and O–H groups in total. The second-order valence-corrected chi connectivity index (χ2v) is 5.36. The maximum atomic E-state index is 6.25. The zero-order valence-corrected chi connectivity index (χ0v) is 13.1. The van der Waals surface area contributed by atoms with Crippen molar-refractivity contribution in [3.63, 3.8) is 0 Å². The predicted octanol–water partition coefficient (Wildman–Crippen LogP) is 5.20. The number of hydrogen-bond acceptors (Lipinski definition) is 2. The minimum atomic E-state index is 0.581. The summed E-state index contributed by atoms with van der Waals surface area (Å²) in [7, 11) is 0. The van der Waals surface area contributed by atoms with Crippen molar-refractivity contribution in [3.8, 4) is 11.5 Å². The number of rotatable bonds is 5. The topological polar surface area (TPSA) is 21.3 Å². The zero-order valence-electron chi connectivity index (χ0n) is 11.5. The van der Waals surface area contributed by atoms with E-state index in [4.69, 9.17) is 27.9 Å². The van der Waals surface area contributed by atoms with Crippen LogP contribution in [-0.4, -0.2) is 6.54 Å². The molecule has 0 unspecified atom stereocenters. The molecule has 2 nitrogen and oxygen atoms in total. The summed E-state index contributed by atoms with van der Waals surface area (Å²) in [6.45, 7) is 5.64. The van der Waals surface area contributed by atoms with Crippen LogP contribution in [0.2, 0.25) is 10.0 Å². The van der Waals surface area contributed by atoms with Gasteiger partial charge in [-0.2, -0.15) is 0 Å². The van der Waals surface area contributed by atoms with E-state index in [0.29, 0.717) is 28.1 Å². The number of benzene rings is 2. The number of aryl methyl sites for hydroxylation is 1. The maximum Gasteiger partial charge on any atom is 0.150 e. The molecule has 0 atom stereocenters. The molecule has 2 aromatic rings. The van der Waals surface area contributed by atoms with E-state index < -0.39 is 0 Å². The van der Waals surface area contributed by atoms with E-state index >= 15 is 0 Å². The second-order valence-electron chi connectivity index (χ2n) is 4.54. The quantitative estimate of drug-likeness (QED) is 0.819. The highest BCUT2D eigenvalue weighted by molar-refractivity contribution is 6.33. The van der Waals surface area contributed by atoms with Crippen LogP contribution in [0, 0.1) is 6.92 Å². The average molecular weight is 310 g/mol. The molecule has 0 aliphatic carbocycles. The SMILES string of the molecule is CCNCc1cccc(Cl)c1Oc1ccc(C)cc1Cl. The molecule has 4 heteroatoms. The fourth-order valence-electron chi connectivity index (χ4n) is 1.87. The summed E-state index contributed by atoms with van der Waals surface area (Å²) >= 11 is 12.5. The number of nitrogens with one attached hydrogen (secondary N) is 1. The smallest absolute Gasteiger partial charge is 0.150 e. The normalized spacial score (nSPS) is 10.6. The van der Waals surface area contributed by atoms with Gasteiger partial charge in [0.2, 0.25) is 0 Å². The summed E-state index contributed by atoms with van der Waals surface area (Å²) in [4.78, 5) is 0. The molecule has 0 bridgehead atoms. The Kier molecular flexibility index (Phi) is 5.30. The van der Waals surface area contributed by atoms with Gasteiger partial charge in [-0.25, -0.2) is 0 Å². The van der Waals surface area contributed by atoms with Crippen LogP contribution in [-0.2, 0) is 6.54 Å². The highest BCUT2D eigenvalue weighted by Gasteiger charge is 2.11. The summed E-state index contributed by atoms with van der Waals surface area (Å²) in [6, 6.07) is 11.4. The van der Waals surface area contributed by atoms with Crippen LogP contribution in [0.5, 0.6) is 11.5 Å². The van der Waals surface area contributed by atoms with Gasteiger partial charge in [0.15, 0.2) is 5.75 Å². The molecule has 0 amide bonds. The van der Waals surface area contributed by atoms with Gasteiger partial charge in [0.1, 0.15) is 5.75 Å². The second kappa shape index (κ2) is 6.98. The van der Waals surface area contributed by atoms with E-state index in [1.807, 2.05) is 43.3 Å². The molecule has 0 saturated heterocycles. The summed E-state index contributed by atoms with van der Waals surface area (Å²) in [5.41, 5.74) is 2.10. The summed E-state index contributed by atoms with van der Waals surface area (Å²) in [5.74, 6) is 1.27. The number of hydrogen-bond donors (Lipinski definition) is 1. The van der Waals surface area contributed by atoms with Crippen molar-refractivity contribution in [2.45, 2.75) is 20.4 Å². The van der Waals surface area contributed by atoms with Gasteiger partial charge in [-0.3, -0.25) is 0 Å². The van der Waals surface area contributed by atoms with E-state index in [0.717, 1.165) is 17.7 Å². The lowest BCUT2D eigenvalue weighted by atomic mass is 10.2. The largest absolute Gasteiger partial charge is 0.454 e. The first kappa shape index (κ1) is 15.2. The lowest BCUT2D eigenvalue weighted by Crippen LogP contribution is -2.12. The van der Waals surface area contributed by atoms with Gasteiger partial charge in [0, 0.05) is 12.1 Å². The Labute approximate surface area is 129 Å². The summed E-state index contributed by atoms with van der Waals surface area (Å²) < 4.78 is 5.92. The maximum absolute atomic E-state index is 6.25. The monoisotopic (exact) mass is 309 g/mol. The van der Waals surface area contributed by atoms with E-state index in [1.54, 1.807) is 0 Å². The molecular formula is C16H17Cl2NO. The molecule has 2 rings (SSSR count). The van der Waals surface area contributed by atoms with Crippen LogP contribution in [0.1, 0.15) is 18.1 Å². The van der Waals surface area contributed by atoms with Crippen molar-refractivity contribution >= 4 is 23.2 Å². The van der Waals surface area contributed by atoms with Crippen LogP contribution in [0.15, 0.2) is 36.4 Å². The third-order valence-corrected chi connectivity index (χ3v) is 3.51. The first-order chi connectivity index (χ1) is 9.61. The number of para-hydroxylation sites is 1. The van der Waals surface area contributed by atoms with Crippen molar-refractivity contribution in [2.24, 2.45) is 0 Å². The van der Waals surface area contributed by atoms with Crippen molar-refractivity contribution in [2.75, 3.05) is 6.54 Å². The van der Waals surface area contributed by atoms with Crippen LogP contribution in [0.25, 0.3) is 0 Å². The van der Waals surface area contributed by atoms with Crippen LogP contribution in [0.4, 0.5) is 0 Å². The van der Waals surface area contributed by atoms with Crippen molar-refractivity contribution in [3.05, 3.63) is 57.6 Å². The zero-order chi connectivity index (χ0) is 14.5. The van der Waals surface area contributed by atoms with Gasteiger partial charge in [0.05, 0.1) is 10.0 Å². The third kappa shape index (κ3) is 3.66.